The summed E-state index contributed by atoms with van der Waals surface area (Å²) in [5.74, 6) is -0.0429. The number of hydrogen-bond acceptors (Lipinski definition) is 2. The highest BCUT2D eigenvalue weighted by molar-refractivity contribution is 6.06. The van der Waals surface area contributed by atoms with Gasteiger partial charge in [-0.1, -0.05) is 6.07 Å². The highest BCUT2D eigenvalue weighted by Crippen LogP contribution is 2.16. The summed E-state index contributed by atoms with van der Waals surface area (Å²) < 4.78 is 0. The van der Waals surface area contributed by atoms with Gasteiger partial charge in [0.25, 0.3) is 5.91 Å². The number of fused-ring (bicyclic) bond motifs is 1. The van der Waals surface area contributed by atoms with Gasteiger partial charge in [-0.05, 0) is 31.2 Å². The number of nitrogens with two attached hydrogens (primary N) is 1. The first-order chi connectivity index (χ1) is 7.83. The van der Waals surface area contributed by atoms with Gasteiger partial charge in [0.15, 0.2) is 0 Å². The van der Waals surface area contributed by atoms with Crippen molar-refractivity contribution >= 4 is 16.8 Å². The third-order valence-corrected chi connectivity index (χ3v) is 2.51. The van der Waals surface area contributed by atoms with Crippen molar-refractivity contribution in [1.29, 1.82) is 0 Å². The summed E-state index contributed by atoms with van der Waals surface area (Å²) in [5, 5.41) is 3.80. The number of amides is 1. The van der Waals surface area contributed by atoms with Gasteiger partial charge in [-0.15, -0.1) is 0 Å². The van der Waals surface area contributed by atoms with Gasteiger partial charge in [0.1, 0.15) is 0 Å². The standard InChI is InChI=1S/C12H15N3O/c13-6-2-7-15-12(16)10-3-1-4-11-9(10)5-8-14-11/h1,3-5,8,14H,2,6-7,13H2,(H,15,16). The fourth-order valence-corrected chi connectivity index (χ4v) is 1.68. The molecular weight excluding hydrogens is 202 g/mol. The quantitative estimate of drug-likeness (QED) is 0.674. The molecule has 4 nitrogen and oxygen atoms in total. The number of carbonyl (C=O) groups is 1. The van der Waals surface area contributed by atoms with E-state index in [1.807, 2.05) is 30.5 Å². The number of rotatable bonds is 4. The zero-order chi connectivity index (χ0) is 11.4. The molecule has 0 bridgehead atoms. The van der Waals surface area contributed by atoms with E-state index < -0.39 is 0 Å². The molecule has 4 heteroatoms. The van der Waals surface area contributed by atoms with Crippen LogP contribution in [-0.4, -0.2) is 24.0 Å². The van der Waals surface area contributed by atoms with Crippen molar-refractivity contribution in [2.75, 3.05) is 13.1 Å². The zero-order valence-electron chi connectivity index (χ0n) is 8.99. The first-order valence-corrected chi connectivity index (χ1v) is 5.37. The molecule has 0 saturated heterocycles. The Hall–Kier alpha value is -1.81. The molecule has 1 heterocycles. The molecule has 4 N–H and O–H groups in total. The van der Waals surface area contributed by atoms with Crippen LogP contribution in [-0.2, 0) is 0 Å². The van der Waals surface area contributed by atoms with Crippen LogP contribution in [0.25, 0.3) is 10.9 Å². The van der Waals surface area contributed by atoms with Crippen LogP contribution in [0.15, 0.2) is 30.5 Å². The molecule has 0 aliphatic carbocycles. The molecule has 84 valence electrons. The Morgan fingerprint density at radius 2 is 2.25 bits per heavy atom. The Morgan fingerprint density at radius 3 is 3.06 bits per heavy atom. The van der Waals surface area contributed by atoms with Crippen LogP contribution in [0.1, 0.15) is 16.8 Å². The lowest BCUT2D eigenvalue weighted by Crippen LogP contribution is -2.26. The molecule has 0 aliphatic heterocycles. The number of H-pyrrole nitrogens is 1. The van der Waals surface area contributed by atoms with Gasteiger partial charge < -0.3 is 16.0 Å². The summed E-state index contributed by atoms with van der Waals surface area (Å²) >= 11 is 0. The maximum absolute atomic E-state index is 11.9. The van der Waals surface area contributed by atoms with E-state index in [4.69, 9.17) is 5.73 Å². The Bertz CT molecular complexity index is 490. The number of carbonyl (C=O) groups excluding carboxylic acids is 1. The monoisotopic (exact) mass is 217 g/mol. The molecule has 0 unspecified atom stereocenters. The number of aromatic nitrogens is 1. The Balaban J connectivity index is 2.19. The van der Waals surface area contributed by atoms with Crippen molar-refractivity contribution in [2.45, 2.75) is 6.42 Å². The van der Waals surface area contributed by atoms with Crippen LogP contribution in [0, 0.1) is 0 Å². The molecule has 0 atom stereocenters. The number of aromatic amines is 1. The minimum absolute atomic E-state index is 0.0429. The Morgan fingerprint density at radius 1 is 1.38 bits per heavy atom. The maximum Gasteiger partial charge on any atom is 0.251 e. The number of benzene rings is 1. The Labute approximate surface area is 93.8 Å². The molecule has 2 aromatic rings. The number of hydrogen-bond donors (Lipinski definition) is 3. The minimum atomic E-state index is -0.0429. The highest BCUT2D eigenvalue weighted by atomic mass is 16.1. The van der Waals surface area contributed by atoms with E-state index in [0.717, 1.165) is 17.3 Å². The molecule has 16 heavy (non-hydrogen) atoms. The van der Waals surface area contributed by atoms with E-state index in [1.54, 1.807) is 0 Å². The predicted octanol–water partition coefficient (Wildman–Crippen LogP) is 1.25. The molecule has 1 aromatic heterocycles. The first kappa shape index (κ1) is 10.7. The fraction of sp³-hybridized carbons (Fsp3) is 0.250. The fourth-order valence-electron chi connectivity index (χ4n) is 1.68. The molecule has 1 amide bonds. The first-order valence-electron chi connectivity index (χ1n) is 5.37. The van der Waals surface area contributed by atoms with Gasteiger partial charge >= 0.3 is 0 Å². The summed E-state index contributed by atoms with van der Waals surface area (Å²) in [6.07, 6.45) is 2.64. The molecule has 0 spiro atoms. The van der Waals surface area contributed by atoms with Crippen molar-refractivity contribution in [3.8, 4) is 0 Å². The van der Waals surface area contributed by atoms with Crippen molar-refractivity contribution < 1.29 is 4.79 Å². The Kier molecular flexibility index (Phi) is 3.22. The van der Waals surface area contributed by atoms with Gasteiger partial charge in [-0.2, -0.15) is 0 Å². The molecule has 2 rings (SSSR count). The smallest absolute Gasteiger partial charge is 0.251 e. The van der Waals surface area contributed by atoms with Crippen LogP contribution in [0.5, 0.6) is 0 Å². The van der Waals surface area contributed by atoms with Crippen LogP contribution in [0.3, 0.4) is 0 Å². The molecule has 0 aliphatic rings. The predicted molar refractivity (Wildman–Crippen MR) is 64.3 cm³/mol. The second-order valence-electron chi connectivity index (χ2n) is 3.64. The third-order valence-electron chi connectivity index (χ3n) is 2.51. The SMILES string of the molecule is NCCCNC(=O)c1cccc2[nH]ccc12. The van der Waals surface area contributed by atoms with Gasteiger partial charge in [0.05, 0.1) is 0 Å². The van der Waals surface area contributed by atoms with E-state index in [0.29, 0.717) is 18.7 Å². The highest BCUT2D eigenvalue weighted by Gasteiger charge is 2.08. The van der Waals surface area contributed by atoms with Crippen molar-refractivity contribution in [3.05, 3.63) is 36.0 Å². The summed E-state index contributed by atoms with van der Waals surface area (Å²) in [4.78, 5) is 14.9. The van der Waals surface area contributed by atoms with E-state index in [1.165, 1.54) is 0 Å². The van der Waals surface area contributed by atoms with E-state index in [-0.39, 0.29) is 5.91 Å². The lowest BCUT2D eigenvalue weighted by molar-refractivity contribution is 0.0955. The second-order valence-corrected chi connectivity index (χ2v) is 3.64. The van der Waals surface area contributed by atoms with E-state index in [2.05, 4.69) is 10.3 Å². The zero-order valence-corrected chi connectivity index (χ0v) is 8.99. The lowest BCUT2D eigenvalue weighted by Gasteiger charge is -2.05. The second kappa shape index (κ2) is 4.81. The molecular formula is C12H15N3O. The normalized spacial score (nSPS) is 10.6. The van der Waals surface area contributed by atoms with Crippen LogP contribution < -0.4 is 11.1 Å². The molecule has 0 saturated carbocycles. The van der Waals surface area contributed by atoms with Gasteiger partial charge in [-0.3, -0.25) is 4.79 Å². The van der Waals surface area contributed by atoms with Crippen LogP contribution in [0.2, 0.25) is 0 Å². The molecule has 0 fully saturated rings. The van der Waals surface area contributed by atoms with Gasteiger partial charge in [-0.25, -0.2) is 0 Å². The molecule has 1 aromatic carbocycles. The summed E-state index contributed by atoms with van der Waals surface area (Å²) in [7, 11) is 0. The van der Waals surface area contributed by atoms with Crippen LogP contribution >= 0.6 is 0 Å². The molecule has 0 radical (unpaired) electrons. The summed E-state index contributed by atoms with van der Waals surface area (Å²) in [6, 6.07) is 7.56. The maximum atomic E-state index is 11.9. The van der Waals surface area contributed by atoms with Gasteiger partial charge in [0.2, 0.25) is 0 Å². The minimum Gasteiger partial charge on any atom is -0.361 e. The van der Waals surface area contributed by atoms with Crippen LogP contribution in [0.4, 0.5) is 0 Å². The van der Waals surface area contributed by atoms with Crippen molar-refractivity contribution in [1.82, 2.24) is 10.3 Å². The van der Waals surface area contributed by atoms with Crippen molar-refractivity contribution in [3.63, 3.8) is 0 Å². The largest absolute Gasteiger partial charge is 0.361 e. The summed E-state index contributed by atoms with van der Waals surface area (Å²) in [6.45, 7) is 1.21. The summed E-state index contributed by atoms with van der Waals surface area (Å²) in [5.41, 5.74) is 7.05. The topological polar surface area (TPSA) is 70.9 Å². The third kappa shape index (κ3) is 2.06. The number of nitrogens with one attached hydrogen (secondary N) is 2. The van der Waals surface area contributed by atoms with Gasteiger partial charge in [0, 0.05) is 29.2 Å². The van der Waals surface area contributed by atoms with Crippen molar-refractivity contribution in [2.24, 2.45) is 5.73 Å². The average Bonchev–Trinajstić information content (AvgIpc) is 2.76. The van der Waals surface area contributed by atoms with E-state index in [9.17, 15) is 4.79 Å². The van der Waals surface area contributed by atoms with E-state index >= 15 is 0 Å². The average molecular weight is 217 g/mol. The lowest BCUT2D eigenvalue weighted by atomic mass is 10.1.